The van der Waals surface area contributed by atoms with Gasteiger partial charge in [-0.3, -0.25) is 4.79 Å². The van der Waals surface area contributed by atoms with Gasteiger partial charge in [-0.1, -0.05) is 29.3 Å². The average molecular weight is 342 g/mol. The first-order chi connectivity index (χ1) is 10.6. The van der Waals surface area contributed by atoms with Crippen LogP contribution in [0.5, 0.6) is 0 Å². The molecule has 2 N–H and O–H groups in total. The third-order valence-corrected chi connectivity index (χ3v) is 3.44. The smallest absolute Gasteiger partial charge is 0.267 e. The first-order valence-corrected chi connectivity index (χ1v) is 7.52. The number of carbonyl (C=O) groups excluding carboxylic acids is 1. The monoisotopic (exact) mass is 341 g/mol. The maximum Gasteiger partial charge on any atom is 0.267 e. The van der Waals surface area contributed by atoms with Crippen LogP contribution in [0.25, 0.3) is 0 Å². The molecule has 0 aromatic heterocycles. The zero-order valence-corrected chi connectivity index (χ0v) is 13.7. The van der Waals surface area contributed by atoms with Crippen molar-refractivity contribution in [1.82, 2.24) is 5.32 Å². The quantitative estimate of drug-likeness (QED) is 0.432. The van der Waals surface area contributed by atoms with Gasteiger partial charge in [-0.25, -0.2) is 0 Å². The van der Waals surface area contributed by atoms with Gasteiger partial charge < -0.3 is 15.4 Å². The molecule has 0 saturated heterocycles. The summed E-state index contributed by atoms with van der Waals surface area (Å²) in [7, 11) is 0. The minimum atomic E-state index is -0.552. The van der Waals surface area contributed by atoms with E-state index in [1.807, 2.05) is 13.0 Å². The van der Waals surface area contributed by atoms with E-state index in [9.17, 15) is 4.79 Å². The lowest BCUT2D eigenvalue weighted by Gasteiger charge is -2.08. The van der Waals surface area contributed by atoms with Gasteiger partial charge in [0.25, 0.3) is 5.91 Å². The molecule has 0 saturated carbocycles. The second-order valence-corrected chi connectivity index (χ2v) is 5.02. The molecule has 7 heteroatoms. The van der Waals surface area contributed by atoms with Crippen LogP contribution in [0.3, 0.4) is 0 Å². The van der Waals surface area contributed by atoms with Crippen LogP contribution >= 0.6 is 23.2 Å². The number of amides is 1. The van der Waals surface area contributed by atoms with E-state index in [0.29, 0.717) is 30.5 Å². The average Bonchev–Trinajstić information content (AvgIpc) is 2.51. The van der Waals surface area contributed by atoms with Gasteiger partial charge in [-0.05, 0) is 25.5 Å². The van der Waals surface area contributed by atoms with Gasteiger partial charge in [0.1, 0.15) is 11.6 Å². The molecule has 1 aromatic carbocycles. The lowest BCUT2D eigenvalue weighted by Crippen LogP contribution is -2.18. The maximum atomic E-state index is 12.0. The van der Waals surface area contributed by atoms with Crippen LogP contribution in [0, 0.1) is 11.3 Å². The highest BCUT2D eigenvalue weighted by atomic mass is 35.5. The lowest BCUT2D eigenvalue weighted by molar-refractivity contribution is -0.112. The van der Waals surface area contributed by atoms with Crippen molar-refractivity contribution in [3.05, 3.63) is 40.0 Å². The third kappa shape index (κ3) is 5.94. The van der Waals surface area contributed by atoms with Gasteiger partial charge in [-0.15, -0.1) is 0 Å². The molecular formula is C15H17Cl2N3O2. The Morgan fingerprint density at radius 1 is 1.45 bits per heavy atom. The second-order valence-electron chi connectivity index (χ2n) is 4.23. The molecule has 0 bridgehead atoms. The predicted molar refractivity (Wildman–Crippen MR) is 87.9 cm³/mol. The number of halogens is 2. The number of benzene rings is 1. The van der Waals surface area contributed by atoms with Gasteiger partial charge in [0, 0.05) is 26.0 Å². The number of ether oxygens (including phenoxy) is 1. The summed E-state index contributed by atoms with van der Waals surface area (Å²) in [5.41, 5.74) is 0.309. The topological polar surface area (TPSA) is 74.1 Å². The summed E-state index contributed by atoms with van der Waals surface area (Å²) < 4.78 is 5.19. The minimum Gasteiger partial charge on any atom is -0.390 e. The molecule has 0 radical (unpaired) electrons. The fraction of sp³-hybridized carbons (Fsp3) is 0.333. The number of anilines is 1. The van der Waals surface area contributed by atoms with E-state index in [4.69, 9.17) is 33.2 Å². The number of rotatable bonds is 8. The van der Waals surface area contributed by atoms with E-state index in [1.165, 1.54) is 6.20 Å². The molecule has 0 aliphatic carbocycles. The van der Waals surface area contributed by atoms with Crippen molar-refractivity contribution in [1.29, 1.82) is 5.26 Å². The van der Waals surface area contributed by atoms with Crippen LogP contribution in [-0.2, 0) is 9.53 Å². The molecule has 1 aromatic rings. The van der Waals surface area contributed by atoms with Gasteiger partial charge in [0.2, 0.25) is 0 Å². The fourth-order valence-corrected chi connectivity index (χ4v) is 1.88. The van der Waals surface area contributed by atoms with E-state index in [2.05, 4.69) is 10.6 Å². The molecule has 1 amide bonds. The van der Waals surface area contributed by atoms with Gasteiger partial charge >= 0.3 is 0 Å². The van der Waals surface area contributed by atoms with Crippen molar-refractivity contribution >= 4 is 34.8 Å². The zero-order valence-electron chi connectivity index (χ0n) is 12.2. The van der Waals surface area contributed by atoms with Crippen LogP contribution in [-0.4, -0.2) is 25.7 Å². The number of hydrogen-bond acceptors (Lipinski definition) is 4. The molecule has 0 heterocycles. The van der Waals surface area contributed by atoms with Crippen LogP contribution in [0.2, 0.25) is 10.0 Å². The third-order valence-electron chi connectivity index (χ3n) is 2.63. The molecule has 118 valence electrons. The van der Waals surface area contributed by atoms with E-state index in [0.717, 1.165) is 6.42 Å². The van der Waals surface area contributed by atoms with Crippen LogP contribution in [0.1, 0.15) is 13.3 Å². The highest BCUT2D eigenvalue weighted by Gasteiger charge is 2.12. The molecule has 5 nitrogen and oxygen atoms in total. The Bertz CT molecular complexity index is 583. The van der Waals surface area contributed by atoms with E-state index >= 15 is 0 Å². The van der Waals surface area contributed by atoms with Crippen molar-refractivity contribution in [3.8, 4) is 6.07 Å². The maximum absolute atomic E-state index is 12.0. The normalized spacial score (nSPS) is 10.9. The van der Waals surface area contributed by atoms with Crippen molar-refractivity contribution in [2.24, 2.45) is 0 Å². The number of nitrogens with one attached hydrogen (secondary N) is 2. The number of carbonyl (C=O) groups is 1. The predicted octanol–water partition coefficient (Wildman–Crippen LogP) is 3.36. The SMILES string of the molecule is CCOCCCN/C=C(/C#N)C(=O)Nc1cccc(Cl)c1Cl. The Balaban J connectivity index is 2.57. The van der Waals surface area contributed by atoms with E-state index in [1.54, 1.807) is 18.2 Å². The van der Waals surface area contributed by atoms with Crippen LogP contribution < -0.4 is 10.6 Å². The highest BCUT2D eigenvalue weighted by molar-refractivity contribution is 6.44. The molecule has 0 atom stereocenters. The first kappa shape index (κ1) is 18.3. The van der Waals surface area contributed by atoms with Crippen molar-refractivity contribution in [2.75, 3.05) is 25.1 Å². The van der Waals surface area contributed by atoms with Crippen LogP contribution in [0.4, 0.5) is 5.69 Å². The molecule has 1 rings (SSSR count). The summed E-state index contributed by atoms with van der Waals surface area (Å²) in [6.07, 6.45) is 2.16. The molecule has 0 aliphatic rings. The zero-order chi connectivity index (χ0) is 16.4. The number of hydrogen-bond donors (Lipinski definition) is 2. The van der Waals surface area contributed by atoms with Crippen molar-refractivity contribution < 1.29 is 9.53 Å². The summed E-state index contributed by atoms with van der Waals surface area (Å²) in [6.45, 7) is 3.83. The van der Waals surface area contributed by atoms with Gasteiger partial charge in [-0.2, -0.15) is 5.26 Å². The number of nitrogens with zero attached hydrogens (tertiary/aromatic N) is 1. The molecule has 0 spiro atoms. The molecule has 0 aliphatic heterocycles. The van der Waals surface area contributed by atoms with Crippen molar-refractivity contribution in [3.63, 3.8) is 0 Å². The Morgan fingerprint density at radius 2 is 2.23 bits per heavy atom. The van der Waals surface area contributed by atoms with E-state index < -0.39 is 5.91 Å². The molecule has 22 heavy (non-hydrogen) atoms. The fourth-order valence-electron chi connectivity index (χ4n) is 1.53. The standard InChI is InChI=1S/C15H17Cl2N3O2/c1-2-22-8-4-7-19-10-11(9-18)15(21)20-13-6-3-5-12(16)14(13)17/h3,5-6,10,19H,2,4,7-8H2,1H3,(H,20,21)/b11-10-. The van der Waals surface area contributed by atoms with E-state index in [-0.39, 0.29) is 10.6 Å². The van der Waals surface area contributed by atoms with Gasteiger partial charge in [0.15, 0.2) is 0 Å². The Kier molecular flexibility index (Phi) is 8.38. The van der Waals surface area contributed by atoms with Gasteiger partial charge in [0.05, 0.1) is 15.7 Å². The largest absolute Gasteiger partial charge is 0.390 e. The lowest BCUT2D eigenvalue weighted by atomic mass is 10.2. The summed E-state index contributed by atoms with van der Waals surface area (Å²) in [6, 6.07) is 6.72. The summed E-state index contributed by atoms with van der Waals surface area (Å²) in [5.74, 6) is -0.552. The minimum absolute atomic E-state index is 0.0487. The van der Waals surface area contributed by atoms with Crippen LogP contribution in [0.15, 0.2) is 30.0 Å². The Hall–Kier alpha value is -1.74. The number of nitriles is 1. The highest BCUT2D eigenvalue weighted by Crippen LogP contribution is 2.29. The second kappa shape index (κ2) is 10.1. The first-order valence-electron chi connectivity index (χ1n) is 6.77. The molecule has 0 fully saturated rings. The van der Waals surface area contributed by atoms with Crippen molar-refractivity contribution in [2.45, 2.75) is 13.3 Å². The summed E-state index contributed by atoms with van der Waals surface area (Å²) >= 11 is 11.8. The molecular weight excluding hydrogens is 325 g/mol. The molecule has 0 unspecified atom stereocenters. The Labute approximate surface area is 139 Å². The summed E-state index contributed by atoms with van der Waals surface area (Å²) in [4.78, 5) is 12.0. The summed E-state index contributed by atoms with van der Waals surface area (Å²) in [5, 5.41) is 15.1. The Morgan fingerprint density at radius 3 is 2.91 bits per heavy atom.